The second-order valence-electron chi connectivity index (χ2n) is 9.61. The van der Waals surface area contributed by atoms with E-state index in [1.807, 2.05) is 6.07 Å². The molecule has 2 heterocycles. The van der Waals surface area contributed by atoms with E-state index in [1.165, 1.54) is 17.7 Å². The second kappa shape index (κ2) is 11.3. The fraction of sp³-hybridized carbons (Fsp3) is 0.519. The lowest BCUT2D eigenvalue weighted by atomic mass is 9.88. The fourth-order valence-corrected chi connectivity index (χ4v) is 5.15. The Hall–Kier alpha value is -2.54. The minimum Gasteiger partial charge on any atom is -0.338 e. The van der Waals surface area contributed by atoms with Gasteiger partial charge in [0.1, 0.15) is 0 Å². The van der Waals surface area contributed by atoms with Crippen LogP contribution in [-0.2, 0) is 12.7 Å². The number of likely N-dealkylation sites (tertiary alicyclic amines) is 2. The monoisotopic (exact) mass is 473 g/mol. The van der Waals surface area contributed by atoms with Crippen LogP contribution in [0.2, 0.25) is 0 Å². The minimum atomic E-state index is -4.32. The predicted octanol–water partition coefficient (Wildman–Crippen LogP) is 5.90. The van der Waals surface area contributed by atoms with E-state index in [4.69, 9.17) is 0 Å². The molecular formula is C27H34F3N3O. The Bertz CT molecular complexity index is 918. The lowest BCUT2D eigenvalue weighted by Crippen LogP contribution is -2.44. The molecule has 4 nitrogen and oxygen atoms in total. The van der Waals surface area contributed by atoms with Crippen molar-refractivity contribution in [2.75, 3.05) is 32.7 Å². The Morgan fingerprint density at radius 1 is 0.912 bits per heavy atom. The van der Waals surface area contributed by atoms with Crippen LogP contribution in [0.15, 0.2) is 54.6 Å². The summed E-state index contributed by atoms with van der Waals surface area (Å²) in [6.45, 7) is 5.01. The molecular weight excluding hydrogens is 439 g/mol. The van der Waals surface area contributed by atoms with Crippen LogP contribution in [-0.4, -0.2) is 48.6 Å². The number of amides is 2. The van der Waals surface area contributed by atoms with Crippen LogP contribution in [0.25, 0.3) is 0 Å². The third kappa shape index (κ3) is 6.75. The first-order valence-electron chi connectivity index (χ1n) is 12.3. The van der Waals surface area contributed by atoms with Crippen LogP contribution in [0.3, 0.4) is 0 Å². The molecule has 0 unspecified atom stereocenters. The molecule has 1 N–H and O–H groups in total. The molecule has 2 aromatic rings. The quantitative estimate of drug-likeness (QED) is 0.567. The number of piperidine rings is 2. The van der Waals surface area contributed by atoms with Gasteiger partial charge in [-0.05, 0) is 74.2 Å². The zero-order chi connectivity index (χ0) is 24.0. The molecule has 2 fully saturated rings. The van der Waals surface area contributed by atoms with E-state index in [-0.39, 0.29) is 11.9 Å². The van der Waals surface area contributed by atoms with E-state index in [2.05, 4.69) is 34.5 Å². The number of nitrogens with zero attached hydrogens (tertiary/aromatic N) is 2. The van der Waals surface area contributed by atoms with E-state index >= 15 is 0 Å². The third-order valence-corrected chi connectivity index (χ3v) is 7.25. The second-order valence-corrected chi connectivity index (χ2v) is 9.61. The molecule has 0 bridgehead atoms. The lowest BCUT2D eigenvalue weighted by Gasteiger charge is -2.33. The van der Waals surface area contributed by atoms with Gasteiger partial charge >= 0.3 is 12.2 Å². The van der Waals surface area contributed by atoms with Gasteiger partial charge in [0.2, 0.25) is 0 Å². The van der Waals surface area contributed by atoms with Crippen LogP contribution in [0.4, 0.5) is 18.0 Å². The van der Waals surface area contributed by atoms with Gasteiger partial charge in [-0.15, -0.1) is 0 Å². The van der Waals surface area contributed by atoms with Crippen molar-refractivity contribution in [3.63, 3.8) is 0 Å². The van der Waals surface area contributed by atoms with Gasteiger partial charge in [0.05, 0.1) is 5.56 Å². The topological polar surface area (TPSA) is 35.6 Å². The molecule has 2 amide bonds. The number of alkyl halides is 3. The van der Waals surface area contributed by atoms with Crippen molar-refractivity contribution in [3.05, 3.63) is 71.3 Å². The molecule has 0 aliphatic carbocycles. The smallest absolute Gasteiger partial charge is 0.338 e. The first kappa shape index (κ1) is 24.6. The number of urea groups is 1. The summed E-state index contributed by atoms with van der Waals surface area (Å²) in [7, 11) is 0. The Morgan fingerprint density at radius 2 is 1.62 bits per heavy atom. The van der Waals surface area contributed by atoms with Crippen molar-refractivity contribution in [2.24, 2.45) is 5.92 Å². The molecule has 2 saturated heterocycles. The molecule has 4 rings (SSSR count). The van der Waals surface area contributed by atoms with Crippen LogP contribution in [0, 0.1) is 5.92 Å². The third-order valence-electron chi connectivity index (χ3n) is 7.25. The highest BCUT2D eigenvalue weighted by atomic mass is 19.4. The van der Waals surface area contributed by atoms with Gasteiger partial charge in [-0.1, -0.05) is 48.5 Å². The summed E-state index contributed by atoms with van der Waals surface area (Å²) >= 11 is 0. The van der Waals surface area contributed by atoms with E-state index in [0.29, 0.717) is 44.0 Å². The summed E-state index contributed by atoms with van der Waals surface area (Å²) in [5.74, 6) is 0.700. The molecule has 2 aliphatic heterocycles. The predicted molar refractivity (Wildman–Crippen MR) is 127 cm³/mol. The van der Waals surface area contributed by atoms with Gasteiger partial charge in [-0.2, -0.15) is 13.2 Å². The van der Waals surface area contributed by atoms with Crippen LogP contribution >= 0.6 is 0 Å². The highest BCUT2D eigenvalue weighted by Crippen LogP contribution is 2.34. The number of carbonyl (C=O) groups excluding carboxylic acids is 1. The molecule has 2 aromatic carbocycles. The molecule has 0 saturated carbocycles. The molecule has 0 spiro atoms. The van der Waals surface area contributed by atoms with Gasteiger partial charge in [0.25, 0.3) is 0 Å². The maximum atomic E-state index is 13.0. The average Bonchev–Trinajstić information content (AvgIpc) is 2.85. The van der Waals surface area contributed by atoms with Crippen LogP contribution < -0.4 is 5.32 Å². The van der Waals surface area contributed by atoms with E-state index < -0.39 is 11.7 Å². The zero-order valence-electron chi connectivity index (χ0n) is 19.6. The highest BCUT2D eigenvalue weighted by molar-refractivity contribution is 5.74. The van der Waals surface area contributed by atoms with Crippen molar-refractivity contribution >= 4 is 6.03 Å². The summed E-state index contributed by atoms with van der Waals surface area (Å²) in [4.78, 5) is 16.9. The molecule has 0 aromatic heterocycles. The Labute approximate surface area is 200 Å². The maximum absolute atomic E-state index is 13.0. The largest absolute Gasteiger partial charge is 0.416 e. The Morgan fingerprint density at radius 3 is 2.29 bits per heavy atom. The van der Waals surface area contributed by atoms with Crippen molar-refractivity contribution in [1.82, 2.24) is 15.1 Å². The fourth-order valence-electron chi connectivity index (χ4n) is 5.15. The molecule has 7 heteroatoms. The molecule has 0 atom stereocenters. The maximum Gasteiger partial charge on any atom is 0.416 e. The molecule has 184 valence electrons. The Kier molecular flexibility index (Phi) is 8.14. The van der Waals surface area contributed by atoms with E-state index in [0.717, 1.165) is 45.0 Å². The first-order chi connectivity index (χ1) is 16.4. The van der Waals surface area contributed by atoms with Crippen molar-refractivity contribution in [3.8, 4) is 0 Å². The number of nitrogens with one attached hydrogen (secondary N) is 1. The minimum absolute atomic E-state index is 0.0518. The summed E-state index contributed by atoms with van der Waals surface area (Å²) in [6, 6.07) is 16.1. The van der Waals surface area contributed by atoms with Gasteiger partial charge in [0, 0.05) is 26.2 Å². The Balaban J connectivity index is 1.14. The van der Waals surface area contributed by atoms with Crippen molar-refractivity contribution < 1.29 is 18.0 Å². The van der Waals surface area contributed by atoms with Gasteiger partial charge < -0.3 is 10.2 Å². The highest BCUT2D eigenvalue weighted by Gasteiger charge is 2.32. The SMILES string of the molecule is O=C(NCCC1CCN(Cc2ccccc2)CC1)N1CCC(c2cccc(C(F)(F)F)c2)CC1. The van der Waals surface area contributed by atoms with E-state index in [9.17, 15) is 18.0 Å². The zero-order valence-corrected chi connectivity index (χ0v) is 19.6. The van der Waals surface area contributed by atoms with Crippen LogP contribution in [0.5, 0.6) is 0 Å². The number of rotatable bonds is 6. The number of benzene rings is 2. The van der Waals surface area contributed by atoms with Crippen molar-refractivity contribution in [2.45, 2.75) is 50.7 Å². The van der Waals surface area contributed by atoms with E-state index in [1.54, 1.807) is 11.0 Å². The first-order valence-corrected chi connectivity index (χ1v) is 12.3. The summed E-state index contributed by atoms with van der Waals surface area (Å²) in [6.07, 6.45) is 0.361. The lowest BCUT2D eigenvalue weighted by molar-refractivity contribution is -0.137. The molecule has 34 heavy (non-hydrogen) atoms. The number of carbonyl (C=O) groups is 1. The average molecular weight is 474 g/mol. The molecule has 2 aliphatic rings. The van der Waals surface area contributed by atoms with Gasteiger partial charge in [-0.3, -0.25) is 4.90 Å². The van der Waals surface area contributed by atoms with Gasteiger partial charge in [0.15, 0.2) is 0 Å². The summed E-state index contributed by atoms with van der Waals surface area (Å²) < 4.78 is 39.0. The normalized spacial score (nSPS) is 18.7. The van der Waals surface area contributed by atoms with Gasteiger partial charge in [-0.25, -0.2) is 4.79 Å². The number of hydrogen-bond acceptors (Lipinski definition) is 2. The van der Waals surface area contributed by atoms with Crippen LogP contribution in [0.1, 0.15) is 54.7 Å². The summed E-state index contributed by atoms with van der Waals surface area (Å²) in [5, 5.41) is 3.06. The van der Waals surface area contributed by atoms with Crippen molar-refractivity contribution in [1.29, 1.82) is 0 Å². The number of hydrogen-bond donors (Lipinski definition) is 1. The summed E-state index contributed by atoms with van der Waals surface area (Å²) in [5.41, 5.74) is 1.47. The standard InChI is InChI=1S/C27H34F3N3O/c28-27(29,30)25-8-4-7-24(19-25)23-12-17-33(18-13-23)26(34)31-14-9-21-10-15-32(16-11-21)20-22-5-2-1-3-6-22/h1-8,19,21,23H,9-18,20H2,(H,31,34). The molecule has 0 radical (unpaired) electrons. The number of halogens is 3.